The Hall–Kier alpha value is -2.68. The van der Waals surface area contributed by atoms with Crippen LogP contribution in [0, 0.1) is 11.3 Å². The van der Waals surface area contributed by atoms with E-state index < -0.39 is 0 Å². The number of aromatic nitrogens is 3. The van der Waals surface area contributed by atoms with Gasteiger partial charge in [0.25, 0.3) is 0 Å². The lowest BCUT2D eigenvalue weighted by Crippen LogP contribution is -2.06. The van der Waals surface area contributed by atoms with Crippen molar-refractivity contribution >= 4 is 17.5 Å². The summed E-state index contributed by atoms with van der Waals surface area (Å²) in [4.78, 5) is 4.28. The lowest BCUT2D eigenvalue weighted by molar-refractivity contribution is 0.935. The molecule has 0 aliphatic rings. The molecule has 0 spiro atoms. The van der Waals surface area contributed by atoms with Gasteiger partial charge in [-0.1, -0.05) is 19.1 Å². The molecule has 1 aromatic carbocycles. The molecule has 2 aromatic rings. The minimum Gasteiger partial charge on any atom is -0.369 e. The molecule has 19 heavy (non-hydrogen) atoms. The normalized spacial score (nSPS) is 9.68. The molecule has 96 valence electrons. The predicted molar refractivity (Wildman–Crippen MR) is 73.0 cm³/mol. The maximum absolute atomic E-state index is 9.01. The fourth-order valence-electron chi connectivity index (χ4n) is 1.50. The van der Waals surface area contributed by atoms with Crippen LogP contribution in [-0.4, -0.2) is 21.7 Å². The van der Waals surface area contributed by atoms with Crippen molar-refractivity contribution in [3.63, 3.8) is 0 Å². The summed E-state index contributed by atoms with van der Waals surface area (Å²) in [6.07, 6.45) is 2.57. The van der Waals surface area contributed by atoms with Crippen LogP contribution in [0.1, 0.15) is 18.9 Å². The van der Waals surface area contributed by atoms with Gasteiger partial charge in [0.15, 0.2) is 5.82 Å². The van der Waals surface area contributed by atoms with Crippen LogP contribution in [0.25, 0.3) is 0 Å². The molecule has 0 saturated heterocycles. The van der Waals surface area contributed by atoms with Gasteiger partial charge in [-0.25, -0.2) is 0 Å². The van der Waals surface area contributed by atoms with Crippen molar-refractivity contribution in [3.8, 4) is 6.07 Å². The smallest absolute Gasteiger partial charge is 0.249 e. The summed E-state index contributed by atoms with van der Waals surface area (Å²) in [6.45, 7) is 2.90. The van der Waals surface area contributed by atoms with Crippen molar-refractivity contribution < 1.29 is 0 Å². The van der Waals surface area contributed by atoms with Crippen molar-refractivity contribution in [3.05, 3.63) is 36.0 Å². The van der Waals surface area contributed by atoms with Crippen LogP contribution in [0.15, 0.2) is 30.5 Å². The summed E-state index contributed by atoms with van der Waals surface area (Å²) in [5.41, 5.74) is 1.21. The van der Waals surface area contributed by atoms with Crippen molar-refractivity contribution in [2.24, 2.45) is 0 Å². The van der Waals surface area contributed by atoms with Crippen molar-refractivity contribution in [1.29, 1.82) is 5.26 Å². The molecule has 1 aromatic heterocycles. The lowest BCUT2D eigenvalue weighted by Gasteiger charge is -2.07. The Morgan fingerprint density at radius 3 is 2.95 bits per heavy atom. The van der Waals surface area contributed by atoms with Gasteiger partial charge in [0.05, 0.1) is 17.4 Å². The molecular weight excluding hydrogens is 240 g/mol. The van der Waals surface area contributed by atoms with Crippen LogP contribution in [0.2, 0.25) is 0 Å². The molecule has 6 nitrogen and oxygen atoms in total. The van der Waals surface area contributed by atoms with Gasteiger partial charge in [-0.15, -0.1) is 5.10 Å². The first-order valence-corrected chi connectivity index (χ1v) is 6.03. The van der Waals surface area contributed by atoms with Gasteiger partial charge in [-0.2, -0.15) is 15.3 Å². The minimum absolute atomic E-state index is 0.365. The van der Waals surface area contributed by atoms with Crippen molar-refractivity contribution in [2.75, 3.05) is 17.2 Å². The molecule has 2 N–H and O–H groups in total. The summed E-state index contributed by atoms with van der Waals surface area (Å²) in [5.74, 6) is 1.03. The second-order valence-corrected chi connectivity index (χ2v) is 3.87. The maximum Gasteiger partial charge on any atom is 0.249 e. The van der Waals surface area contributed by atoms with Crippen LogP contribution in [0.4, 0.5) is 17.5 Å². The SMILES string of the molecule is CCCNc1cnnc(Nc2ccccc2C#N)n1. The quantitative estimate of drug-likeness (QED) is 0.851. The van der Waals surface area contributed by atoms with E-state index in [1.165, 1.54) is 0 Å². The zero-order chi connectivity index (χ0) is 13.5. The summed E-state index contributed by atoms with van der Waals surface area (Å²) in [5, 5.41) is 22.9. The Balaban J connectivity index is 2.17. The molecular formula is C13H14N6. The van der Waals surface area contributed by atoms with Crippen LogP contribution >= 0.6 is 0 Å². The molecule has 0 radical (unpaired) electrons. The summed E-state index contributed by atoms with van der Waals surface area (Å²) in [7, 11) is 0. The highest BCUT2D eigenvalue weighted by Crippen LogP contribution is 2.17. The van der Waals surface area contributed by atoms with E-state index in [0.29, 0.717) is 23.0 Å². The predicted octanol–water partition coefficient (Wildman–Crippen LogP) is 2.31. The summed E-state index contributed by atoms with van der Waals surface area (Å²) >= 11 is 0. The number of hydrogen-bond donors (Lipinski definition) is 2. The highest BCUT2D eigenvalue weighted by Gasteiger charge is 2.04. The highest BCUT2D eigenvalue weighted by molar-refractivity contribution is 5.62. The lowest BCUT2D eigenvalue weighted by atomic mass is 10.2. The number of hydrogen-bond acceptors (Lipinski definition) is 6. The zero-order valence-electron chi connectivity index (χ0n) is 10.6. The Labute approximate surface area is 111 Å². The average Bonchev–Trinajstić information content (AvgIpc) is 2.46. The number of nitrogens with one attached hydrogen (secondary N) is 2. The third-order valence-corrected chi connectivity index (χ3v) is 2.41. The first-order valence-electron chi connectivity index (χ1n) is 6.03. The van der Waals surface area contributed by atoms with Crippen LogP contribution < -0.4 is 10.6 Å². The number of rotatable bonds is 5. The van der Waals surface area contributed by atoms with Crippen LogP contribution in [0.5, 0.6) is 0 Å². The Morgan fingerprint density at radius 2 is 2.16 bits per heavy atom. The third-order valence-electron chi connectivity index (χ3n) is 2.41. The second-order valence-electron chi connectivity index (χ2n) is 3.87. The molecule has 2 rings (SSSR count). The summed E-state index contributed by atoms with van der Waals surface area (Å²) < 4.78 is 0. The second kappa shape index (κ2) is 6.31. The fourth-order valence-corrected chi connectivity index (χ4v) is 1.50. The van der Waals surface area contributed by atoms with E-state index in [9.17, 15) is 0 Å². The van der Waals surface area contributed by atoms with Gasteiger partial charge < -0.3 is 10.6 Å². The summed E-state index contributed by atoms with van der Waals surface area (Å²) in [6, 6.07) is 9.29. The first-order chi connectivity index (χ1) is 9.33. The molecule has 0 aliphatic heterocycles. The molecule has 0 atom stereocenters. The Bertz CT molecular complexity index is 590. The maximum atomic E-state index is 9.01. The van der Waals surface area contributed by atoms with Crippen molar-refractivity contribution in [1.82, 2.24) is 15.2 Å². The number of para-hydroxylation sites is 1. The Morgan fingerprint density at radius 1 is 1.32 bits per heavy atom. The minimum atomic E-state index is 0.365. The zero-order valence-corrected chi connectivity index (χ0v) is 10.6. The van der Waals surface area contributed by atoms with E-state index in [1.807, 2.05) is 12.1 Å². The molecule has 0 unspecified atom stereocenters. The van der Waals surface area contributed by atoms with E-state index >= 15 is 0 Å². The van der Waals surface area contributed by atoms with E-state index in [1.54, 1.807) is 18.3 Å². The first kappa shape index (κ1) is 12.8. The highest BCUT2D eigenvalue weighted by atomic mass is 15.3. The van der Waals surface area contributed by atoms with E-state index in [2.05, 4.69) is 38.8 Å². The van der Waals surface area contributed by atoms with E-state index in [-0.39, 0.29) is 0 Å². The van der Waals surface area contributed by atoms with Gasteiger partial charge >= 0.3 is 0 Å². The average molecular weight is 254 g/mol. The molecule has 0 bridgehead atoms. The number of anilines is 3. The topological polar surface area (TPSA) is 86.5 Å². The van der Waals surface area contributed by atoms with Crippen molar-refractivity contribution in [2.45, 2.75) is 13.3 Å². The van der Waals surface area contributed by atoms with Crippen LogP contribution in [0.3, 0.4) is 0 Å². The van der Waals surface area contributed by atoms with E-state index in [0.717, 1.165) is 13.0 Å². The largest absolute Gasteiger partial charge is 0.369 e. The molecule has 0 saturated carbocycles. The number of nitrogens with zero attached hydrogens (tertiary/aromatic N) is 4. The van der Waals surface area contributed by atoms with Gasteiger partial charge in [0, 0.05) is 6.54 Å². The number of benzene rings is 1. The fraction of sp³-hybridized carbons (Fsp3) is 0.231. The van der Waals surface area contributed by atoms with Gasteiger partial charge in [-0.05, 0) is 18.6 Å². The third kappa shape index (κ3) is 3.39. The van der Waals surface area contributed by atoms with Gasteiger partial charge in [0.2, 0.25) is 5.95 Å². The van der Waals surface area contributed by atoms with Gasteiger partial charge in [0.1, 0.15) is 6.07 Å². The molecule has 1 heterocycles. The van der Waals surface area contributed by atoms with Crippen LogP contribution in [-0.2, 0) is 0 Å². The van der Waals surface area contributed by atoms with Gasteiger partial charge in [-0.3, -0.25) is 0 Å². The molecule has 6 heteroatoms. The number of nitriles is 1. The standard InChI is InChI=1S/C13H14N6/c1-2-7-15-12-9-16-19-13(18-12)17-11-6-4-3-5-10(11)8-14/h3-6,9H,2,7H2,1H3,(H2,15,17,18,19). The molecule has 0 fully saturated rings. The van der Waals surface area contributed by atoms with E-state index in [4.69, 9.17) is 5.26 Å². The molecule has 0 amide bonds. The Kier molecular flexibility index (Phi) is 4.24. The monoisotopic (exact) mass is 254 g/mol. The molecule has 0 aliphatic carbocycles.